The maximum absolute atomic E-state index is 12.3. The van der Waals surface area contributed by atoms with E-state index in [4.69, 9.17) is 11.6 Å². The average molecular weight is 266 g/mol. The number of benzene rings is 1. The van der Waals surface area contributed by atoms with E-state index in [-0.39, 0.29) is 6.04 Å². The second-order valence-electron chi connectivity index (χ2n) is 3.95. The molecule has 0 spiro atoms. The van der Waals surface area contributed by atoms with Crippen LogP contribution in [0.5, 0.6) is 0 Å². The molecule has 1 nitrogen and oxygen atoms in total. The van der Waals surface area contributed by atoms with E-state index in [9.17, 15) is 13.2 Å². The van der Waals surface area contributed by atoms with Gasteiger partial charge in [-0.2, -0.15) is 13.2 Å². The highest BCUT2D eigenvalue weighted by atomic mass is 35.5. The summed E-state index contributed by atoms with van der Waals surface area (Å²) in [6.45, 7) is 1.98. The highest BCUT2D eigenvalue weighted by Gasteiger charge is 2.29. The Balaban J connectivity index is 2.56. The lowest BCUT2D eigenvalue weighted by Gasteiger charge is -2.15. The number of nitrogens with one attached hydrogen (secondary N) is 1. The molecule has 1 atom stereocenters. The highest BCUT2D eigenvalue weighted by Crippen LogP contribution is 2.29. The van der Waals surface area contributed by atoms with Crippen LogP contribution in [0.15, 0.2) is 24.3 Å². The molecule has 0 bridgehead atoms. The zero-order valence-electron chi connectivity index (χ0n) is 9.52. The van der Waals surface area contributed by atoms with Crippen LogP contribution in [0.25, 0.3) is 0 Å². The van der Waals surface area contributed by atoms with Crippen molar-refractivity contribution in [1.29, 1.82) is 0 Å². The molecular weight excluding hydrogens is 251 g/mol. The molecule has 0 saturated heterocycles. The van der Waals surface area contributed by atoms with Gasteiger partial charge in [0.25, 0.3) is 0 Å². The van der Waals surface area contributed by atoms with Crippen LogP contribution < -0.4 is 5.32 Å². The van der Waals surface area contributed by atoms with Gasteiger partial charge in [0.2, 0.25) is 0 Å². The van der Waals surface area contributed by atoms with Crippen LogP contribution in [0, 0.1) is 0 Å². The minimum Gasteiger partial charge on any atom is -0.383 e. The fraction of sp³-hybridized carbons (Fsp3) is 0.500. The predicted molar refractivity (Wildman–Crippen MR) is 64.5 cm³/mol. The quantitative estimate of drug-likeness (QED) is 0.772. The smallest absolute Gasteiger partial charge is 0.383 e. The van der Waals surface area contributed by atoms with E-state index < -0.39 is 11.7 Å². The topological polar surface area (TPSA) is 12.0 Å². The molecule has 1 aromatic rings. The van der Waals surface area contributed by atoms with Crippen LogP contribution in [-0.4, -0.2) is 11.9 Å². The minimum atomic E-state index is -4.28. The lowest BCUT2D eigenvalue weighted by Crippen LogP contribution is -2.15. The van der Waals surface area contributed by atoms with E-state index in [0.717, 1.165) is 25.0 Å². The van der Waals surface area contributed by atoms with Crippen LogP contribution in [-0.2, 0) is 6.18 Å². The summed E-state index contributed by atoms with van der Waals surface area (Å²) < 4.78 is 36.9. The lowest BCUT2D eigenvalue weighted by atomic mass is 10.1. The average Bonchev–Trinajstić information content (AvgIpc) is 2.26. The first-order valence-electron chi connectivity index (χ1n) is 5.43. The van der Waals surface area contributed by atoms with Crippen molar-refractivity contribution in [1.82, 2.24) is 0 Å². The predicted octanol–water partition coefficient (Wildman–Crippen LogP) is 4.52. The van der Waals surface area contributed by atoms with Crippen molar-refractivity contribution in [3.8, 4) is 0 Å². The third-order valence-electron chi connectivity index (χ3n) is 2.40. The monoisotopic (exact) mass is 265 g/mol. The Bertz CT molecular complexity index is 335. The Hall–Kier alpha value is -0.900. The molecule has 0 radical (unpaired) electrons. The van der Waals surface area contributed by atoms with Crippen LogP contribution in [0.4, 0.5) is 18.9 Å². The Morgan fingerprint density at radius 3 is 2.29 bits per heavy atom. The van der Waals surface area contributed by atoms with E-state index in [0.29, 0.717) is 11.6 Å². The number of anilines is 1. The van der Waals surface area contributed by atoms with Crippen molar-refractivity contribution >= 4 is 17.3 Å². The SMILES string of the molecule is CC(CCCCl)Nc1ccc(C(F)(F)F)cc1. The van der Waals surface area contributed by atoms with E-state index in [1.807, 2.05) is 6.92 Å². The molecule has 0 saturated carbocycles. The van der Waals surface area contributed by atoms with Gasteiger partial charge in [-0.3, -0.25) is 0 Å². The molecule has 0 aliphatic rings. The molecule has 5 heteroatoms. The van der Waals surface area contributed by atoms with E-state index in [1.54, 1.807) is 0 Å². The summed E-state index contributed by atoms with van der Waals surface area (Å²) in [5, 5.41) is 3.13. The third kappa shape index (κ3) is 4.86. The summed E-state index contributed by atoms with van der Waals surface area (Å²) >= 11 is 5.57. The van der Waals surface area contributed by atoms with Crippen LogP contribution >= 0.6 is 11.6 Å². The maximum Gasteiger partial charge on any atom is 0.416 e. The molecule has 17 heavy (non-hydrogen) atoms. The van der Waals surface area contributed by atoms with Crippen molar-refractivity contribution in [2.45, 2.75) is 32.0 Å². The van der Waals surface area contributed by atoms with Gasteiger partial charge >= 0.3 is 6.18 Å². The third-order valence-corrected chi connectivity index (χ3v) is 2.66. The summed E-state index contributed by atoms with van der Waals surface area (Å²) in [6.07, 6.45) is -2.50. The normalized spacial score (nSPS) is 13.5. The van der Waals surface area contributed by atoms with Gasteiger partial charge in [0.05, 0.1) is 5.56 Å². The van der Waals surface area contributed by atoms with Crippen LogP contribution in [0.1, 0.15) is 25.3 Å². The van der Waals surface area contributed by atoms with Crippen LogP contribution in [0.3, 0.4) is 0 Å². The van der Waals surface area contributed by atoms with Gasteiger partial charge < -0.3 is 5.32 Å². The summed E-state index contributed by atoms with van der Waals surface area (Å²) in [4.78, 5) is 0. The number of hydrogen-bond acceptors (Lipinski definition) is 1. The number of alkyl halides is 4. The molecule has 0 fully saturated rings. The van der Waals surface area contributed by atoms with Crippen molar-refractivity contribution in [2.24, 2.45) is 0 Å². The fourth-order valence-electron chi connectivity index (χ4n) is 1.50. The van der Waals surface area contributed by atoms with E-state index in [2.05, 4.69) is 5.32 Å². The van der Waals surface area contributed by atoms with Gasteiger partial charge in [-0.25, -0.2) is 0 Å². The minimum absolute atomic E-state index is 0.200. The van der Waals surface area contributed by atoms with Crippen molar-refractivity contribution < 1.29 is 13.2 Å². The molecule has 0 aromatic heterocycles. The van der Waals surface area contributed by atoms with Gasteiger partial charge in [0.15, 0.2) is 0 Å². The molecular formula is C12H15ClF3N. The van der Waals surface area contributed by atoms with Gasteiger partial charge in [-0.05, 0) is 44.0 Å². The van der Waals surface area contributed by atoms with Gasteiger partial charge in [-0.1, -0.05) is 0 Å². The van der Waals surface area contributed by atoms with Crippen LogP contribution in [0.2, 0.25) is 0 Å². The number of rotatable bonds is 5. The zero-order chi connectivity index (χ0) is 12.9. The fourth-order valence-corrected chi connectivity index (χ4v) is 1.65. The summed E-state index contributed by atoms with van der Waals surface area (Å²) in [7, 11) is 0. The van der Waals surface area contributed by atoms with Gasteiger partial charge in [0.1, 0.15) is 0 Å². The van der Waals surface area contributed by atoms with E-state index in [1.165, 1.54) is 12.1 Å². The van der Waals surface area contributed by atoms with Crippen molar-refractivity contribution in [2.75, 3.05) is 11.2 Å². The zero-order valence-corrected chi connectivity index (χ0v) is 10.3. The first kappa shape index (κ1) is 14.2. The Morgan fingerprint density at radius 1 is 1.24 bits per heavy atom. The van der Waals surface area contributed by atoms with Gasteiger partial charge in [0, 0.05) is 17.6 Å². The van der Waals surface area contributed by atoms with Crippen molar-refractivity contribution in [3.63, 3.8) is 0 Å². The summed E-state index contributed by atoms with van der Waals surface area (Å²) in [5.74, 6) is 0.596. The second kappa shape index (κ2) is 6.15. The van der Waals surface area contributed by atoms with E-state index >= 15 is 0 Å². The first-order chi connectivity index (χ1) is 7.93. The molecule has 0 heterocycles. The highest BCUT2D eigenvalue weighted by molar-refractivity contribution is 6.17. The molecule has 1 unspecified atom stereocenters. The molecule has 0 aliphatic heterocycles. The Kier molecular flexibility index (Phi) is 5.12. The summed E-state index contributed by atoms with van der Waals surface area (Å²) in [6, 6.07) is 5.25. The molecule has 0 aliphatic carbocycles. The lowest BCUT2D eigenvalue weighted by molar-refractivity contribution is -0.137. The molecule has 1 rings (SSSR count). The number of halogens is 4. The van der Waals surface area contributed by atoms with Crippen molar-refractivity contribution in [3.05, 3.63) is 29.8 Å². The standard InChI is InChI=1S/C12H15ClF3N/c1-9(3-2-8-13)17-11-6-4-10(5-7-11)12(14,15)16/h4-7,9,17H,2-3,8H2,1H3. The first-order valence-corrected chi connectivity index (χ1v) is 5.96. The summed E-state index contributed by atoms with van der Waals surface area (Å²) in [5.41, 5.74) is 0.0662. The Labute approximate surface area is 104 Å². The second-order valence-corrected chi connectivity index (χ2v) is 4.33. The molecule has 0 amide bonds. The van der Waals surface area contributed by atoms with Gasteiger partial charge in [-0.15, -0.1) is 11.6 Å². The molecule has 1 N–H and O–H groups in total. The molecule has 96 valence electrons. The molecule has 1 aromatic carbocycles. The largest absolute Gasteiger partial charge is 0.416 e. The maximum atomic E-state index is 12.3. The number of hydrogen-bond donors (Lipinski definition) is 1. The Morgan fingerprint density at radius 2 is 1.82 bits per heavy atom.